The first-order valence-corrected chi connectivity index (χ1v) is 12.4. The summed E-state index contributed by atoms with van der Waals surface area (Å²) in [6.45, 7) is 8.21. The van der Waals surface area contributed by atoms with Gasteiger partial charge in [0.25, 0.3) is 0 Å². The number of benzene rings is 1. The summed E-state index contributed by atoms with van der Waals surface area (Å²) in [5.74, 6) is -0.472. The van der Waals surface area contributed by atoms with E-state index in [0.29, 0.717) is 43.3 Å². The molecule has 0 bridgehead atoms. The number of piperidine rings is 1. The molecule has 3 aliphatic rings. The maximum atomic E-state index is 13.5. The predicted molar refractivity (Wildman–Crippen MR) is 131 cm³/mol. The second-order valence-corrected chi connectivity index (χ2v) is 9.50. The molecule has 3 aliphatic heterocycles. The Hall–Kier alpha value is -2.42. The summed E-state index contributed by atoms with van der Waals surface area (Å²) in [4.78, 5) is 43.5. The van der Waals surface area contributed by atoms with Crippen molar-refractivity contribution in [2.75, 3.05) is 51.3 Å². The predicted octanol–water partition coefficient (Wildman–Crippen LogP) is 2.33. The molecule has 4 rings (SSSR count). The molecule has 0 aliphatic carbocycles. The molecule has 1 aromatic rings. The van der Waals surface area contributed by atoms with Gasteiger partial charge in [-0.3, -0.25) is 19.3 Å². The molecular weight excluding hydrogens is 456 g/mol. The number of nitrogens with zero attached hydrogens (tertiary/aromatic N) is 2. The molecule has 9 heteroatoms. The standard InChI is InChI=1S/C25H33ClN4O4/c1-3-17(4-2)23-25(19-6-5-18(26)15-20(19)28-24(25)33)8-7-22(32)30(23)16-21(31)27-9-10-29-11-13-34-14-12-29/h3,5-6,15,23H,4,7-14,16H2,1-2H3,(H,27,31)(H,28,33)/b17-3+/t23-,25-/m1/s1. The summed E-state index contributed by atoms with van der Waals surface area (Å²) in [6, 6.07) is 4.87. The monoisotopic (exact) mass is 488 g/mol. The van der Waals surface area contributed by atoms with E-state index in [1.807, 2.05) is 26.0 Å². The number of anilines is 1. The molecule has 0 aromatic heterocycles. The van der Waals surface area contributed by atoms with Gasteiger partial charge in [0.2, 0.25) is 17.7 Å². The maximum Gasteiger partial charge on any atom is 0.239 e. The highest BCUT2D eigenvalue weighted by Crippen LogP contribution is 2.50. The van der Waals surface area contributed by atoms with Gasteiger partial charge >= 0.3 is 0 Å². The van der Waals surface area contributed by atoms with E-state index in [1.165, 1.54) is 0 Å². The Balaban J connectivity index is 1.58. The number of likely N-dealkylation sites (tertiary alicyclic amines) is 1. The van der Waals surface area contributed by atoms with Gasteiger partial charge < -0.3 is 20.3 Å². The van der Waals surface area contributed by atoms with Crippen LogP contribution in [0, 0.1) is 0 Å². The van der Waals surface area contributed by atoms with Crippen molar-refractivity contribution in [3.05, 3.63) is 40.4 Å². The van der Waals surface area contributed by atoms with Crippen molar-refractivity contribution in [3.8, 4) is 0 Å². The van der Waals surface area contributed by atoms with Crippen LogP contribution in [-0.4, -0.2) is 79.5 Å². The Morgan fingerprint density at radius 1 is 1.32 bits per heavy atom. The van der Waals surface area contributed by atoms with Gasteiger partial charge in [-0.2, -0.15) is 0 Å². The fourth-order valence-corrected chi connectivity index (χ4v) is 5.69. The number of halogens is 1. The molecule has 3 heterocycles. The van der Waals surface area contributed by atoms with Crippen molar-refractivity contribution in [3.63, 3.8) is 0 Å². The summed E-state index contributed by atoms with van der Waals surface area (Å²) in [7, 11) is 0. The van der Waals surface area contributed by atoms with Crippen LogP contribution in [0.2, 0.25) is 5.02 Å². The van der Waals surface area contributed by atoms with Crippen molar-refractivity contribution >= 4 is 35.0 Å². The second-order valence-electron chi connectivity index (χ2n) is 9.06. The number of nitrogens with one attached hydrogen (secondary N) is 2. The fraction of sp³-hybridized carbons (Fsp3) is 0.560. The fourth-order valence-electron chi connectivity index (χ4n) is 5.52. The number of fused-ring (bicyclic) bond motifs is 2. The number of allylic oxidation sites excluding steroid dienone is 1. The van der Waals surface area contributed by atoms with Crippen LogP contribution in [-0.2, 0) is 24.5 Å². The highest BCUT2D eigenvalue weighted by atomic mass is 35.5. The first-order chi connectivity index (χ1) is 16.4. The van der Waals surface area contributed by atoms with E-state index in [9.17, 15) is 14.4 Å². The molecule has 8 nitrogen and oxygen atoms in total. The molecule has 2 atom stereocenters. The van der Waals surface area contributed by atoms with Gasteiger partial charge in [0, 0.05) is 43.3 Å². The molecular formula is C25H33ClN4O4. The van der Waals surface area contributed by atoms with Crippen LogP contribution in [0.3, 0.4) is 0 Å². The minimum Gasteiger partial charge on any atom is -0.379 e. The van der Waals surface area contributed by atoms with Crippen LogP contribution in [0.5, 0.6) is 0 Å². The van der Waals surface area contributed by atoms with Crippen LogP contribution in [0.4, 0.5) is 5.69 Å². The number of carbonyl (C=O) groups is 3. The number of amides is 3. The SMILES string of the molecule is C/C=C(\CC)[C@H]1N(CC(=O)NCCN2CCOCC2)C(=O)CC[C@]12C(=O)Nc1cc(Cl)ccc12. The van der Waals surface area contributed by atoms with Gasteiger partial charge in [0.15, 0.2) is 0 Å². The van der Waals surface area contributed by atoms with Crippen molar-refractivity contribution in [1.29, 1.82) is 0 Å². The lowest BCUT2D eigenvalue weighted by Crippen LogP contribution is -2.62. The molecule has 34 heavy (non-hydrogen) atoms. The van der Waals surface area contributed by atoms with Crippen LogP contribution >= 0.6 is 11.6 Å². The van der Waals surface area contributed by atoms with Gasteiger partial charge in [0.1, 0.15) is 12.0 Å². The molecule has 0 saturated carbocycles. The molecule has 3 amide bonds. The van der Waals surface area contributed by atoms with E-state index in [0.717, 1.165) is 30.8 Å². The molecule has 1 aromatic carbocycles. The summed E-state index contributed by atoms with van der Waals surface area (Å²) in [5, 5.41) is 6.48. The van der Waals surface area contributed by atoms with Gasteiger partial charge in [0.05, 0.1) is 19.3 Å². The van der Waals surface area contributed by atoms with E-state index < -0.39 is 11.5 Å². The van der Waals surface area contributed by atoms with Crippen molar-refractivity contribution in [2.24, 2.45) is 0 Å². The van der Waals surface area contributed by atoms with Gasteiger partial charge in [-0.15, -0.1) is 0 Å². The summed E-state index contributed by atoms with van der Waals surface area (Å²) in [5.41, 5.74) is 1.54. The van der Waals surface area contributed by atoms with Crippen LogP contribution in [0.25, 0.3) is 0 Å². The lowest BCUT2D eigenvalue weighted by Gasteiger charge is -2.47. The van der Waals surface area contributed by atoms with E-state index in [1.54, 1.807) is 17.0 Å². The normalized spacial score (nSPS) is 25.4. The first-order valence-electron chi connectivity index (χ1n) is 12.0. The minimum absolute atomic E-state index is 0.0814. The topological polar surface area (TPSA) is 91.0 Å². The average Bonchev–Trinajstić information content (AvgIpc) is 3.10. The van der Waals surface area contributed by atoms with Crippen LogP contribution < -0.4 is 10.6 Å². The summed E-state index contributed by atoms with van der Waals surface area (Å²) in [6.07, 6.45) is 3.23. The Kier molecular flexibility index (Phi) is 7.60. The number of rotatable bonds is 7. The molecule has 2 N–H and O–H groups in total. The number of carbonyl (C=O) groups excluding carboxylic acids is 3. The van der Waals surface area contributed by atoms with Gasteiger partial charge in [-0.05, 0) is 37.5 Å². The van der Waals surface area contributed by atoms with E-state index >= 15 is 0 Å². The first kappa shape index (κ1) is 24.7. The maximum absolute atomic E-state index is 13.5. The van der Waals surface area contributed by atoms with Crippen LogP contribution in [0.1, 0.15) is 38.7 Å². The Morgan fingerprint density at radius 3 is 2.79 bits per heavy atom. The molecule has 0 radical (unpaired) electrons. The van der Waals surface area contributed by atoms with E-state index in [2.05, 4.69) is 15.5 Å². The highest BCUT2D eigenvalue weighted by molar-refractivity contribution is 6.31. The number of hydrogen-bond donors (Lipinski definition) is 2. The number of ether oxygens (including phenoxy) is 1. The molecule has 184 valence electrons. The zero-order valence-corrected chi connectivity index (χ0v) is 20.6. The van der Waals surface area contributed by atoms with Crippen molar-refractivity contribution in [1.82, 2.24) is 15.1 Å². The third-order valence-electron chi connectivity index (χ3n) is 7.25. The summed E-state index contributed by atoms with van der Waals surface area (Å²) >= 11 is 6.19. The summed E-state index contributed by atoms with van der Waals surface area (Å²) < 4.78 is 5.36. The Labute approximate surface area is 205 Å². The largest absolute Gasteiger partial charge is 0.379 e. The van der Waals surface area contributed by atoms with E-state index in [4.69, 9.17) is 16.3 Å². The van der Waals surface area contributed by atoms with Crippen molar-refractivity contribution in [2.45, 2.75) is 44.6 Å². The minimum atomic E-state index is -0.945. The van der Waals surface area contributed by atoms with Gasteiger partial charge in [-0.1, -0.05) is 36.2 Å². The number of hydrogen-bond acceptors (Lipinski definition) is 5. The zero-order chi connectivity index (χ0) is 24.3. The second kappa shape index (κ2) is 10.5. The zero-order valence-electron chi connectivity index (χ0n) is 19.9. The van der Waals surface area contributed by atoms with Gasteiger partial charge in [-0.25, -0.2) is 0 Å². The molecule has 2 fully saturated rings. The van der Waals surface area contributed by atoms with Crippen molar-refractivity contribution < 1.29 is 19.1 Å². The Morgan fingerprint density at radius 2 is 2.09 bits per heavy atom. The third-order valence-corrected chi connectivity index (χ3v) is 7.48. The molecule has 2 saturated heterocycles. The van der Waals surface area contributed by atoms with E-state index in [-0.39, 0.29) is 30.7 Å². The van der Waals surface area contributed by atoms with Crippen LogP contribution in [0.15, 0.2) is 29.8 Å². The lowest BCUT2D eigenvalue weighted by atomic mass is 9.66. The average molecular weight is 489 g/mol. The molecule has 1 spiro atoms. The quantitative estimate of drug-likeness (QED) is 0.575. The number of morpholine rings is 1. The smallest absolute Gasteiger partial charge is 0.239 e. The highest BCUT2D eigenvalue weighted by Gasteiger charge is 2.58. The Bertz CT molecular complexity index is 991. The third kappa shape index (κ3) is 4.59. The lowest BCUT2D eigenvalue weighted by molar-refractivity contribution is -0.145. The molecule has 0 unspecified atom stereocenters.